The Hall–Kier alpha value is -1.53. The van der Waals surface area contributed by atoms with Gasteiger partial charge in [-0.25, -0.2) is 0 Å². The van der Waals surface area contributed by atoms with Gasteiger partial charge in [0.1, 0.15) is 5.75 Å². The fraction of sp³-hybridized carbons (Fsp3) is 0.500. The molecule has 0 fully saturated rings. The maximum Gasteiger partial charge on any atom is 0.126 e. The van der Waals surface area contributed by atoms with Crippen molar-refractivity contribution in [3.8, 4) is 11.8 Å². The molecule has 92 valence electrons. The lowest BCUT2D eigenvalue weighted by Gasteiger charge is -2.19. The lowest BCUT2D eigenvalue weighted by Crippen LogP contribution is -2.19. The molecule has 0 saturated carbocycles. The Morgan fingerprint density at radius 3 is 2.65 bits per heavy atom. The lowest BCUT2D eigenvalue weighted by molar-refractivity contribution is 0.323. The first-order valence-corrected chi connectivity index (χ1v) is 5.78. The second kappa shape index (κ2) is 6.27. The minimum absolute atomic E-state index is 0.559. The van der Waals surface area contributed by atoms with Crippen LogP contribution in [0.5, 0.6) is 5.75 Å². The molecular formula is C14H20N2O. The third-order valence-corrected chi connectivity index (χ3v) is 2.75. The second-order valence-corrected chi connectivity index (χ2v) is 4.42. The molecule has 17 heavy (non-hydrogen) atoms. The lowest BCUT2D eigenvalue weighted by atomic mass is 10.1. The molecule has 0 N–H and O–H groups in total. The number of rotatable bonds is 5. The summed E-state index contributed by atoms with van der Waals surface area (Å²) >= 11 is 0. The first kappa shape index (κ1) is 13.5. The molecule has 0 amide bonds. The van der Waals surface area contributed by atoms with E-state index in [0.29, 0.717) is 6.42 Å². The van der Waals surface area contributed by atoms with E-state index in [0.717, 1.165) is 24.4 Å². The highest BCUT2D eigenvalue weighted by Crippen LogP contribution is 2.26. The van der Waals surface area contributed by atoms with Crippen molar-refractivity contribution in [2.75, 3.05) is 20.7 Å². The minimum atomic E-state index is 0.559. The van der Waals surface area contributed by atoms with E-state index in [2.05, 4.69) is 36.9 Å². The SMILES string of the molecule is COc1c(C)cc(C)cc1CN(C)CCC#N. The minimum Gasteiger partial charge on any atom is -0.496 e. The van der Waals surface area contributed by atoms with Crippen molar-refractivity contribution in [2.24, 2.45) is 0 Å². The van der Waals surface area contributed by atoms with Gasteiger partial charge in [0.2, 0.25) is 0 Å². The summed E-state index contributed by atoms with van der Waals surface area (Å²) in [5.41, 5.74) is 3.59. The number of nitrogens with zero attached hydrogens (tertiary/aromatic N) is 2. The van der Waals surface area contributed by atoms with Crippen LogP contribution in [0.25, 0.3) is 0 Å². The van der Waals surface area contributed by atoms with Crippen LogP contribution in [-0.2, 0) is 6.54 Å². The molecule has 1 aromatic carbocycles. The first-order chi connectivity index (χ1) is 8.08. The molecule has 0 bridgehead atoms. The Kier molecular flexibility index (Phi) is 4.99. The van der Waals surface area contributed by atoms with E-state index in [4.69, 9.17) is 10.00 Å². The number of hydrogen-bond acceptors (Lipinski definition) is 3. The summed E-state index contributed by atoms with van der Waals surface area (Å²) in [6.07, 6.45) is 0.559. The fourth-order valence-electron chi connectivity index (χ4n) is 2.06. The predicted octanol–water partition coefficient (Wildman–Crippen LogP) is 2.66. The molecule has 0 spiro atoms. The van der Waals surface area contributed by atoms with Crippen LogP contribution in [0.3, 0.4) is 0 Å². The Bertz CT molecular complexity index is 421. The standard InChI is InChI=1S/C14H20N2O/c1-11-8-12(2)14(17-4)13(9-11)10-16(3)7-5-6-15/h8-9H,5,7,10H2,1-4H3. The van der Waals surface area contributed by atoms with Gasteiger partial charge in [0, 0.05) is 25.1 Å². The molecule has 1 rings (SSSR count). The van der Waals surface area contributed by atoms with Crippen molar-refractivity contribution in [3.63, 3.8) is 0 Å². The van der Waals surface area contributed by atoms with E-state index in [9.17, 15) is 0 Å². The summed E-state index contributed by atoms with van der Waals surface area (Å²) in [6.45, 7) is 5.75. The van der Waals surface area contributed by atoms with Gasteiger partial charge in [-0.3, -0.25) is 0 Å². The van der Waals surface area contributed by atoms with E-state index in [-0.39, 0.29) is 0 Å². The molecule has 0 unspecified atom stereocenters. The average molecular weight is 232 g/mol. The topological polar surface area (TPSA) is 36.3 Å². The molecule has 0 aromatic heterocycles. The highest BCUT2D eigenvalue weighted by Gasteiger charge is 2.09. The molecule has 0 aliphatic heterocycles. The van der Waals surface area contributed by atoms with Crippen LogP contribution >= 0.6 is 0 Å². The predicted molar refractivity (Wildman–Crippen MR) is 69.0 cm³/mol. The van der Waals surface area contributed by atoms with Gasteiger partial charge in [-0.1, -0.05) is 17.7 Å². The summed E-state index contributed by atoms with van der Waals surface area (Å²) in [5, 5.41) is 8.57. The molecule has 3 nitrogen and oxygen atoms in total. The van der Waals surface area contributed by atoms with Crippen LogP contribution in [0.15, 0.2) is 12.1 Å². The summed E-state index contributed by atoms with van der Waals surface area (Å²) in [6, 6.07) is 6.43. The van der Waals surface area contributed by atoms with Crippen LogP contribution in [0.1, 0.15) is 23.1 Å². The second-order valence-electron chi connectivity index (χ2n) is 4.42. The zero-order chi connectivity index (χ0) is 12.8. The first-order valence-electron chi connectivity index (χ1n) is 5.78. The van der Waals surface area contributed by atoms with Gasteiger partial charge in [-0.2, -0.15) is 5.26 Å². The molecule has 0 radical (unpaired) electrons. The highest BCUT2D eigenvalue weighted by molar-refractivity contribution is 5.43. The highest BCUT2D eigenvalue weighted by atomic mass is 16.5. The van der Waals surface area contributed by atoms with E-state index in [1.54, 1.807) is 7.11 Å². The van der Waals surface area contributed by atoms with Crippen LogP contribution in [0.2, 0.25) is 0 Å². The molecule has 0 aliphatic rings. The maximum atomic E-state index is 8.57. The Morgan fingerprint density at radius 2 is 2.06 bits per heavy atom. The summed E-state index contributed by atoms with van der Waals surface area (Å²) in [7, 11) is 3.73. The Labute approximate surface area is 104 Å². The van der Waals surface area contributed by atoms with Gasteiger partial charge >= 0.3 is 0 Å². The quantitative estimate of drug-likeness (QED) is 0.783. The van der Waals surface area contributed by atoms with E-state index >= 15 is 0 Å². The Morgan fingerprint density at radius 1 is 1.35 bits per heavy atom. The van der Waals surface area contributed by atoms with Crippen molar-refractivity contribution in [1.29, 1.82) is 5.26 Å². The monoisotopic (exact) mass is 232 g/mol. The number of benzene rings is 1. The van der Waals surface area contributed by atoms with Gasteiger partial charge in [0.15, 0.2) is 0 Å². The molecular weight excluding hydrogens is 212 g/mol. The van der Waals surface area contributed by atoms with Crippen molar-refractivity contribution < 1.29 is 4.74 Å². The maximum absolute atomic E-state index is 8.57. The van der Waals surface area contributed by atoms with Gasteiger partial charge < -0.3 is 9.64 Å². The van der Waals surface area contributed by atoms with Gasteiger partial charge in [0.25, 0.3) is 0 Å². The average Bonchev–Trinajstić information content (AvgIpc) is 2.25. The van der Waals surface area contributed by atoms with E-state index in [1.807, 2.05) is 7.05 Å². The molecule has 0 saturated heterocycles. The number of nitriles is 1. The summed E-state index contributed by atoms with van der Waals surface area (Å²) in [4.78, 5) is 2.14. The molecule has 0 aliphatic carbocycles. The molecule has 0 atom stereocenters. The zero-order valence-electron chi connectivity index (χ0n) is 11.1. The fourth-order valence-corrected chi connectivity index (χ4v) is 2.06. The number of ether oxygens (including phenoxy) is 1. The van der Waals surface area contributed by atoms with Gasteiger partial charge in [-0.15, -0.1) is 0 Å². The van der Waals surface area contributed by atoms with E-state index in [1.165, 1.54) is 11.1 Å². The largest absolute Gasteiger partial charge is 0.496 e. The third kappa shape index (κ3) is 3.76. The van der Waals surface area contributed by atoms with Crippen molar-refractivity contribution in [3.05, 3.63) is 28.8 Å². The zero-order valence-corrected chi connectivity index (χ0v) is 11.1. The molecule has 3 heteroatoms. The molecule has 0 heterocycles. The number of aryl methyl sites for hydroxylation is 2. The van der Waals surface area contributed by atoms with Crippen LogP contribution in [0, 0.1) is 25.2 Å². The number of methoxy groups -OCH3 is 1. The van der Waals surface area contributed by atoms with Gasteiger partial charge in [-0.05, 0) is 26.5 Å². The summed E-state index contributed by atoms with van der Waals surface area (Å²) < 4.78 is 5.44. The number of hydrogen-bond donors (Lipinski definition) is 0. The third-order valence-electron chi connectivity index (χ3n) is 2.75. The van der Waals surface area contributed by atoms with Crippen LogP contribution in [0.4, 0.5) is 0 Å². The summed E-state index contributed by atoms with van der Waals surface area (Å²) in [5.74, 6) is 0.958. The van der Waals surface area contributed by atoms with Crippen molar-refractivity contribution in [1.82, 2.24) is 4.90 Å². The normalized spacial score (nSPS) is 10.4. The Balaban J connectivity index is 2.86. The van der Waals surface area contributed by atoms with Crippen LogP contribution < -0.4 is 4.74 Å². The van der Waals surface area contributed by atoms with Crippen LogP contribution in [-0.4, -0.2) is 25.6 Å². The van der Waals surface area contributed by atoms with Crippen molar-refractivity contribution in [2.45, 2.75) is 26.8 Å². The molecule has 1 aromatic rings. The van der Waals surface area contributed by atoms with Crippen molar-refractivity contribution >= 4 is 0 Å². The van der Waals surface area contributed by atoms with Gasteiger partial charge in [0.05, 0.1) is 13.2 Å². The van der Waals surface area contributed by atoms with E-state index < -0.39 is 0 Å². The smallest absolute Gasteiger partial charge is 0.126 e.